The summed E-state index contributed by atoms with van der Waals surface area (Å²) in [6.45, 7) is 4.80. The summed E-state index contributed by atoms with van der Waals surface area (Å²) in [6, 6.07) is 6.23. The second-order valence-electron chi connectivity index (χ2n) is 5.67. The lowest BCUT2D eigenvalue weighted by molar-refractivity contribution is -0.0184. The molecule has 118 valence electrons. The summed E-state index contributed by atoms with van der Waals surface area (Å²) in [4.78, 5) is 2.42. The van der Waals surface area contributed by atoms with Gasteiger partial charge in [-0.2, -0.15) is 0 Å². The average molecular weight is 357 g/mol. The predicted octanol–water partition coefficient (Wildman–Crippen LogP) is 2.81. The summed E-state index contributed by atoms with van der Waals surface area (Å²) in [5.41, 5.74) is 7.26. The first kappa shape index (κ1) is 16.7. The van der Waals surface area contributed by atoms with Gasteiger partial charge in [-0.25, -0.2) is 0 Å². The van der Waals surface area contributed by atoms with Crippen LogP contribution in [0.2, 0.25) is 0 Å². The molecule has 1 aromatic rings. The number of rotatable bonds is 5. The lowest BCUT2D eigenvalue weighted by atomic mass is 9.93. The number of benzene rings is 1. The molecule has 1 aromatic carbocycles. The van der Waals surface area contributed by atoms with Crippen LogP contribution in [0.15, 0.2) is 22.7 Å². The molecule has 1 fully saturated rings. The van der Waals surface area contributed by atoms with E-state index in [2.05, 4.69) is 33.8 Å². The minimum absolute atomic E-state index is 0.180. The average Bonchev–Trinajstić information content (AvgIpc) is 2.51. The monoisotopic (exact) mass is 356 g/mol. The number of methoxy groups -OCH3 is 2. The van der Waals surface area contributed by atoms with Gasteiger partial charge in [-0.1, -0.05) is 22.9 Å². The topological polar surface area (TPSA) is 47.7 Å². The Balaban J connectivity index is 2.23. The SMILES string of the molecule is COc1ccc(Br)c(C(CN)N2CCC(C)C(OC)C2)c1. The molecule has 3 unspecified atom stereocenters. The van der Waals surface area contributed by atoms with Crippen molar-refractivity contribution in [2.24, 2.45) is 11.7 Å². The Morgan fingerprint density at radius 2 is 2.19 bits per heavy atom. The van der Waals surface area contributed by atoms with Gasteiger partial charge in [0.25, 0.3) is 0 Å². The van der Waals surface area contributed by atoms with Crippen LogP contribution in [0, 0.1) is 5.92 Å². The number of nitrogens with zero attached hydrogens (tertiary/aromatic N) is 1. The molecule has 1 saturated heterocycles. The molecule has 0 amide bonds. The molecule has 1 heterocycles. The van der Waals surface area contributed by atoms with Crippen molar-refractivity contribution in [1.29, 1.82) is 0 Å². The third-order valence-corrected chi connectivity index (χ3v) is 5.17. The molecule has 0 aliphatic carbocycles. The summed E-state index contributed by atoms with van der Waals surface area (Å²) in [5, 5.41) is 0. The van der Waals surface area contributed by atoms with Crippen LogP contribution >= 0.6 is 15.9 Å². The van der Waals surface area contributed by atoms with Crippen LogP contribution in [0.25, 0.3) is 0 Å². The zero-order valence-electron chi connectivity index (χ0n) is 13.0. The molecule has 0 spiro atoms. The van der Waals surface area contributed by atoms with E-state index in [0.29, 0.717) is 12.5 Å². The zero-order valence-corrected chi connectivity index (χ0v) is 14.6. The Hall–Kier alpha value is -0.620. The van der Waals surface area contributed by atoms with E-state index in [0.717, 1.165) is 29.7 Å². The molecule has 0 radical (unpaired) electrons. The van der Waals surface area contributed by atoms with E-state index in [9.17, 15) is 0 Å². The van der Waals surface area contributed by atoms with Gasteiger partial charge in [0.15, 0.2) is 0 Å². The van der Waals surface area contributed by atoms with Crippen molar-refractivity contribution in [2.75, 3.05) is 33.9 Å². The first-order valence-electron chi connectivity index (χ1n) is 7.41. The molecular weight excluding hydrogens is 332 g/mol. The number of hydrogen-bond donors (Lipinski definition) is 1. The van der Waals surface area contributed by atoms with E-state index in [1.165, 1.54) is 5.56 Å². The lowest BCUT2D eigenvalue weighted by Gasteiger charge is -2.40. The quantitative estimate of drug-likeness (QED) is 0.880. The van der Waals surface area contributed by atoms with E-state index >= 15 is 0 Å². The smallest absolute Gasteiger partial charge is 0.119 e. The second kappa shape index (κ2) is 7.58. The van der Waals surface area contributed by atoms with Crippen LogP contribution in [-0.2, 0) is 4.74 Å². The van der Waals surface area contributed by atoms with Gasteiger partial charge in [-0.3, -0.25) is 4.90 Å². The number of likely N-dealkylation sites (tertiary alicyclic amines) is 1. The maximum Gasteiger partial charge on any atom is 0.119 e. The molecule has 2 N–H and O–H groups in total. The van der Waals surface area contributed by atoms with Crippen LogP contribution in [0.1, 0.15) is 24.9 Å². The molecule has 0 aromatic heterocycles. The number of piperidine rings is 1. The minimum atomic E-state index is 0.180. The van der Waals surface area contributed by atoms with Gasteiger partial charge in [-0.05, 0) is 42.6 Å². The summed E-state index contributed by atoms with van der Waals surface area (Å²) in [7, 11) is 3.48. The van der Waals surface area contributed by atoms with Gasteiger partial charge in [-0.15, -0.1) is 0 Å². The normalized spacial score (nSPS) is 24.8. The van der Waals surface area contributed by atoms with E-state index in [1.54, 1.807) is 14.2 Å². The van der Waals surface area contributed by atoms with Crippen molar-refractivity contribution in [3.8, 4) is 5.75 Å². The van der Waals surface area contributed by atoms with Crippen LogP contribution in [0.3, 0.4) is 0 Å². The first-order chi connectivity index (χ1) is 10.1. The first-order valence-corrected chi connectivity index (χ1v) is 8.20. The molecule has 4 nitrogen and oxygen atoms in total. The fourth-order valence-electron chi connectivity index (χ4n) is 3.02. The Morgan fingerprint density at radius 1 is 1.43 bits per heavy atom. The van der Waals surface area contributed by atoms with Crippen molar-refractivity contribution in [2.45, 2.75) is 25.5 Å². The van der Waals surface area contributed by atoms with Gasteiger partial charge in [0.1, 0.15) is 5.75 Å². The van der Waals surface area contributed by atoms with Crippen molar-refractivity contribution in [3.05, 3.63) is 28.2 Å². The van der Waals surface area contributed by atoms with Crippen molar-refractivity contribution in [3.63, 3.8) is 0 Å². The molecule has 21 heavy (non-hydrogen) atoms. The zero-order chi connectivity index (χ0) is 15.4. The largest absolute Gasteiger partial charge is 0.497 e. The predicted molar refractivity (Wildman–Crippen MR) is 88.6 cm³/mol. The van der Waals surface area contributed by atoms with E-state index < -0.39 is 0 Å². The maximum absolute atomic E-state index is 6.07. The second-order valence-corrected chi connectivity index (χ2v) is 6.53. The summed E-state index contributed by atoms with van der Waals surface area (Å²) >= 11 is 3.64. The highest BCUT2D eigenvalue weighted by atomic mass is 79.9. The Labute approximate surface area is 135 Å². The number of hydrogen-bond acceptors (Lipinski definition) is 4. The van der Waals surface area contributed by atoms with Crippen LogP contribution < -0.4 is 10.5 Å². The third kappa shape index (κ3) is 3.77. The third-order valence-electron chi connectivity index (χ3n) is 4.45. The number of nitrogens with two attached hydrogens (primary N) is 1. The molecule has 5 heteroatoms. The highest BCUT2D eigenvalue weighted by Gasteiger charge is 2.31. The van der Waals surface area contributed by atoms with E-state index in [4.69, 9.17) is 15.2 Å². The standard InChI is InChI=1S/C16H25BrN2O2/c1-11-6-7-19(10-16(11)21-3)15(9-18)13-8-12(20-2)4-5-14(13)17/h4-5,8,11,15-16H,6-7,9-10,18H2,1-3H3. The van der Waals surface area contributed by atoms with Crippen molar-refractivity contribution >= 4 is 15.9 Å². The van der Waals surface area contributed by atoms with Gasteiger partial charge in [0.05, 0.1) is 13.2 Å². The molecular formula is C16H25BrN2O2. The van der Waals surface area contributed by atoms with Gasteiger partial charge >= 0.3 is 0 Å². The Morgan fingerprint density at radius 3 is 2.81 bits per heavy atom. The van der Waals surface area contributed by atoms with Gasteiger partial charge in [0, 0.05) is 30.7 Å². The van der Waals surface area contributed by atoms with E-state index in [-0.39, 0.29) is 12.1 Å². The van der Waals surface area contributed by atoms with E-state index in [1.807, 2.05) is 12.1 Å². The molecule has 0 saturated carbocycles. The highest BCUT2D eigenvalue weighted by Crippen LogP contribution is 2.33. The van der Waals surface area contributed by atoms with Crippen molar-refractivity contribution < 1.29 is 9.47 Å². The number of halogens is 1. The van der Waals surface area contributed by atoms with Crippen molar-refractivity contribution in [1.82, 2.24) is 4.90 Å². The van der Waals surface area contributed by atoms with Crippen LogP contribution in [-0.4, -0.2) is 44.9 Å². The van der Waals surface area contributed by atoms with Crippen LogP contribution in [0.5, 0.6) is 5.75 Å². The van der Waals surface area contributed by atoms with Gasteiger partial charge in [0.2, 0.25) is 0 Å². The molecule has 1 aliphatic heterocycles. The lowest BCUT2D eigenvalue weighted by Crippen LogP contribution is -2.47. The Bertz CT molecular complexity index is 470. The Kier molecular flexibility index (Phi) is 6.05. The molecule has 2 rings (SSSR count). The molecule has 3 atom stereocenters. The maximum atomic E-state index is 6.07. The summed E-state index contributed by atoms with van der Waals surface area (Å²) < 4.78 is 12.0. The minimum Gasteiger partial charge on any atom is -0.497 e. The molecule has 1 aliphatic rings. The number of ether oxygens (including phenoxy) is 2. The fraction of sp³-hybridized carbons (Fsp3) is 0.625. The fourth-order valence-corrected chi connectivity index (χ4v) is 3.54. The van der Waals surface area contributed by atoms with Crippen LogP contribution in [0.4, 0.5) is 0 Å². The van der Waals surface area contributed by atoms with Gasteiger partial charge < -0.3 is 15.2 Å². The highest BCUT2D eigenvalue weighted by molar-refractivity contribution is 9.10. The molecule has 0 bridgehead atoms. The summed E-state index contributed by atoms with van der Waals surface area (Å²) in [6.07, 6.45) is 1.41. The summed E-state index contributed by atoms with van der Waals surface area (Å²) in [5.74, 6) is 1.46.